The maximum Gasteiger partial charge on any atom is 0.345 e. The third-order valence-corrected chi connectivity index (χ3v) is 5.69. The maximum absolute atomic E-state index is 12.6. The molecule has 0 aliphatic heterocycles. The average molecular weight is 404 g/mol. The van der Waals surface area contributed by atoms with Gasteiger partial charge in [0.2, 0.25) is 13.2 Å². The van der Waals surface area contributed by atoms with Crippen molar-refractivity contribution in [2.24, 2.45) is 0 Å². The van der Waals surface area contributed by atoms with Gasteiger partial charge in [-0.2, -0.15) is 0 Å². The molecule has 0 amide bonds. The number of carbonyl (C=O) groups is 1. The van der Waals surface area contributed by atoms with Crippen molar-refractivity contribution in [3.05, 3.63) is 58.3 Å². The summed E-state index contributed by atoms with van der Waals surface area (Å²) >= 11 is 11.8. The van der Waals surface area contributed by atoms with E-state index in [9.17, 15) is 9.36 Å². The highest BCUT2D eigenvalue weighted by molar-refractivity contribution is 7.58. The Morgan fingerprint density at radius 2 is 2.04 bits per heavy atom. The van der Waals surface area contributed by atoms with E-state index in [-0.39, 0.29) is 10.8 Å². The monoisotopic (exact) mass is 403 g/mol. The lowest BCUT2D eigenvalue weighted by atomic mass is 10.3. The number of hydrogen-bond acceptors (Lipinski definition) is 6. The summed E-state index contributed by atoms with van der Waals surface area (Å²) in [5.41, 5.74) is 0.327. The van der Waals surface area contributed by atoms with Crippen molar-refractivity contribution < 1.29 is 23.4 Å². The van der Waals surface area contributed by atoms with Crippen molar-refractivity contribution >= 4 is 36.5 Å². The Kier molecular flexibility index (Phi) is 6.85. The van der Waals surface area contributed by atoms with E-state index in [4.69, 9.17) is 37.2 Å². The molecule has 2 aromatic rings. The quantitative estimate of drug-likeness (QED) is 0.498. The predicted molar refractivity (Wildman–Crippen MR) is 95.6 cm³/mol. The Morgan fingerprint density at radius 1 is 1.28 bits per heavy atom. The Bertz CT molecular complexity index is 787. The highest BCUT2D eigenvalue weighted by Crippen LogP contribution is 2.56. The third kappa shape index (κ3) is 5.44. The van der Waals surface area contributed by atoms with Crippen LogP contribution in [-0.2, 0) is 18.6 Å². The molecule has 25 heavy (non-hydrogen) atoms. The molecule has 9 heteroatoms. The van der Waals surface area contributed by atoms with Gasteiger partial charge < -0.3 is 14.0 Å². The zero-order valence-corrected chi connectivity index (χ0v) is 15.9. The molecule has 0 radical (unpaired) electrons. The van der Waals surface area contributed by atoms with Gasteiger partial charge in [0.25, 0.3) is 0 Å². The highest BCUT2D eigenvalue weighted by atomic mass is 35.5. The fourth-order valence-electron chi connectivity index (χ4n) is 1.90. The molecule has 0 saturated heterocycles. The van der Waals surface area contributed by atoms with Crippen LogP contribution in [0.1, 0.15) is 11.5 Å². The molecule has 0 fully saturated rings. The number of benzene rings is 1. The molecule has 0 bridgehead atoms. The van der Waals surface area contributed by atoms with Gasteiger partial charge in [-0.05, 0) is 30.3 Å². The van der Waals surface area contributed by atoms with Gasteiger partial charge in [0.05, 0.1) is 10.7 Å². The molecular weight excluding hydrogens is 388 g/mol. The van der Waals surface area contributed by atoms with E-state index in [1.807, 2.05) is 0 Å². The number of nitrogens with zero attached hydrogens (tertiary/aromatic N) is 1. The number of hydrogen-bond donors (Lipinski definition) is 0. The molecule has 0 N–H and O–H groups in total. The first kappa shape index (κ1) is 19.7. The minimum absolute atomic E-state index is 0.264. The first-order valence-corrected chi connectivity index (χ1v) is 10.0. The van der Waals surface area contributed by atoms with Crippen LogP contribution in [0.5, 0.6) is 5.75 Å². The Morgan fingerprint density at radius 3 is 2.64 bits per heavy atom. The largest absolute Gasteiger partial charge is 0.480 e. The molecule has 6 nitrogen and oxygen atoms in total. The van der Waals surface area contributed by atoms with E-state index in [1.165, 1.54) is 32.1 Å². The first-order chi connectivity index (χ1) is 11.8. The Labute approximate surface area is 155 Å². The number of carbonyl (C=O) groups excluding carboxylic acids is 1. The minimum Gasteiger partial charge on any atom is -0.480 e. The van der Waals surface area contributed by atoms with Gasteiger partial charge in [-0.25, -0.2) is 4.79 Å². The molecule has 0 aliphatic rings. The van der Waals surface area contributed by atoms with Gasteiger partial charge in [0.1, 0.15) is 5.75 Å². The van der Waals surface area contributed by atoms with Gasteiger partial charge in [0.15, 0.2) is 6.61 Å². The van der Waals surface area contributed by atoms with E-state index >= 15 is 0 Å². The van der Waals surface area contributed by atoms with Crippen LogP contribution in [0.3, 0.4) is 0 Å². The highest BCUT2D eigenvalue weighted by Gasteiger charge is 2.34. The van der Waals surface area contributed by atoms with Crippen molar-refractivity contribution in [1.82, 2.24) is 4.98 Å². The summed E-state index contributed by atoms with van der Waals surface area (Å²) < 4.78 is 28.2. The lowest BCUT2D eigenvalue weighted by molar-refractivity contribution is -0.148. The zero-order valence-electron chi connectivity index (χ0n) is 13.5. The maximum atomic E-state index is 12.6. The summed E-state index contributed by atoms with van der Waals surface area (Å²) in [5, 5.41) is 0.710. The second-order valence-electron chi connectivity index (χ2n) is 5.05. The summed E-state index contributed by atoms with van der Waals surface area (Å²) in [6.45, 7) is 0.949. The van der Waals surface area contributed by atoms with Gasteiger partial charge in [-0.1, -0.05) is 29.3 Å². The van der Waals surface area contributed by atoms with Crippen LogP contribution in [0.15, 0.2) is 42.6 Å². The molecule has 2 atom stereocenters. The molecule has 1 heterocycles. The molecule has 0 spiro atoms. The second-order valence-corrected chi connectivity index (χ2v) is 8.55. The third-order valence-electron chi connectivity index (χ3n) is 3.21. The minimum atomic E-state index is -3.28. The van der Waals surface area contributed by atoms with Crippen molar-refractivity contribution in [2.45, 2.75) is 5.85 Å². The molecule has 2 unspecified atom stereocenters. The van der Waals surface area contributed by atoms with Crippen LogP contribution in [0.4, 0.5) is 0 Å². The van der Waals surface area contributed by atoms with Gasteiger partial charge in [0, 0.05) is 25.0 Å². The molecule has 134 valence electrons. The summed E-state index contributed by atoms with van der Waals surface area (Å²) in [4.78, 5) is 16.2. The Balaban J connectivity index is 2.08. The number of halogens is 2. The van der Waals surface area contributed by atoms with E-state index in [0.717, 1.165) is 0 Å². The number of pyridine rings is 1. The topological polar surface area (TPSA) is 74.7 Å². The standard InChI is InChI=1S/C16H16Cl2NO5P/c1-22-25(2,21)16(13-5-3-4-8-19-13)24-15(20)10-23-14-7-6-11(17)9-12(14)18/h3-9,16H,10H2,1-2H3. The lowest BCUT2D eigenvalue weighted by Crippen LogP contribution is -2.19. The van der Waals surface area contributed by atoms with Gasteiger partial charge in [-0.3, -0.25) is 9.55 Å². The predicted octanol–water partition coefficient (Wildman–Crippen LogP) is 4.56. The van der Waals surface area contributed by atoms with Crippen molar-refractivity contribution in [1.29, 1.82) is 0 Å². The van der Waals surface area contributed by atoms with Gasteiger partial charge in [-0.15, -0.1) is 0 Å². The van der Waals surface area contributed by atoms with Crippen LogP contribution >= 0.6 is 30.6 Å². The number of aromatic nitrogens is 1. The molecule has 0 saturated carbocycles. The van der Waals surface area contributed by atoms with Crippen molar-refractivity contribution in [3.8, 4) is 5.75 Å². The lowest BCUT2D eigenvalue weighted by Gasteiger charge is -2.22. The fraction of sp³-hybridized carbons (Fsp3) is 0.250. The first-order valence-electron chi connectivity index (χ1n) is 7.14. The summed E-state index contributed by atoms with van der Waals surface area (Å²) in [7, 11) is -1.99. The van der Waals surface area contributed by atoms with Crippen LogP contribution < -0.4 is 4.74 Å². The van der Waals surface area contributed by atoms with Crippen LogP contribution in [0.25, 0.3) is 0 Å². The van der Waals surface area contributed by atoms with Gasteiger partial charge >= 0.3 is 5.97 Å². The average Bonchev–Trinajstić information content (AvgIpc) is 2.59. The van der Waals surface area contributed by atoms with E-state index in [1.54, 1.807) is 24.3 Å². The summed E-state index contributed by atoms with van der Waals surface area (Å²) in [6.07, 6.45) is 1.51. The fourth-order valence-corrected chi connectivity index (χ4v) is 3.50. The van der Waals surface area contributed by atoms with E-state index in [0.29, 0.717) is 10.7 Å². The normalized spacial score (nSPS) is 14.4. The molecule has 0 aliphatic carbocycles. The number of esters is 1. The smallest absolute Gasteiger partial charge is 0.345 e. The van der Waals surface area contributed by atoms with Crippen LogP contribution in [0.2, 0.25) is 10.0 Å². The van der Waals surface area contributed by atoms with Crippen molar-refractivity contribution in [2.75, 3.05) is 20.4 Å². The zero-order chi connectivity index (χ0) is 18.4. The Hall–Kier alpha value is -1.59. The summed E-state index contributed by atoms with van der Waals surface area (Å²) in [6, 6.07) is 9.60. The second kappa shape index (κ2) is 8.68. The van der Waals surface area contributed by atoms with Crippen LogP contribution in [0, 0.1) is 0 Å². The number of rotatable bonds is 7. The van der Waals surface area contributed by atoms with Crippen molar-refractivity contribution in [3.63, 3.8) is 0 Å². The molecule has 1 aromatic heterocycles. The van der Waals surface area contributed by atoms with Crippen LogP contribution in [-0.4, -0.2) is 31.3 Å². The molecule has 2 rings (SSSR count). The van der Waals surface area contributed by atoms with E-state index < -0.39 is 25.8 Å². The molecular formula is C16H16Cl2NO5P. The van der Waals surface area contributed by atoms with E-state index in [2.05, 4.69) is 4.98 Å². The molecule has 1 aromatic carbocycles. The summed E-state index contributed by atoms with van der Waals surface area (Å²) in [5.74, 6) is -1.58. The SMILES string of the molecule is COP(C)(=O)C(OC(=O)COc1ccc(Cl)cc1Cl)c1ccccn1. The number of ether oxygens (including phenoxy) is 2.